The maximum atomic E-state index is 15.4. The van der Waals surface area contributed by atoms with Crippen LogP contribution >= 0.6 is 0 Å². The Morgan fingerprint density at radius 2 is 1.40 bits per heavy atom. The molecule has 394 valence electrons. The van der Waals surface area contributed by atoms with Gasteiger partial charge in [0, 0.05) is 45.1 Å². The van der Waals surface area contributed by atoms with Crippen molar-refractivity contribution >= 4 is 50.2 Å². The second-order valence-corrected chi connectivity index (χ2v) is 26.5. The van der Waals surface area contributed by atoms with Crippen LogP contribution in [0.2, 0.25) is 0 Å². The highest BCUT2D eigenvalue weighted by atomic mass is 32.2. The van der Waals surface area contributed by atoms with Gasteiger partial charge in [0.25, 0.3) is 0 Å². The zero-order chi connectivity index (χ0) is 53.6. The Bertz CT molecular complexity index is 2960. The predicted molar refractivity (Wildman–Crippen MR) is 292 cm³/mol. The molecule has 13 nitrogen and oxygen atoms in total. The van der Waals surface area contributed by atoms with Gasteiger partial charge in [-0.1, -0.05) is 159 Å². The molecule has 4 N–H and O–H groups in total. The minimum absolute atomic E-state index is 0.00161. The fourth-order valence-corrected chi connectivity index (χ4v) is 11.8. The monoisotopic (exact) mass is 1020 g/mol. The smallest absolute Gasteiger partial charge is 0.341 e. The number of aromatic amines is 1. The molecule has 0 spiro atoms. The van der Waals surface area contributed by atoms with E-state index in [1.54, 1.807) is 30.3 Å². The molecule has 0 aliphatic heterocycles. The van der Waals surface area contributed by atoms with Crippen molar-refractivity contribution in [1.82, 2.24) is 25.1 Å². The first-order valence-electron chi connectivity index (χ1n) is 26.5. The summed E-state index contributed by atoms with van der Waals surface area (Å²) >= 11 is 0. The lowest BCUT2D eigenvalue weighted by Crippen LogP contribution is -2.49. The first kappa shape index (κ1) is 55.0. The number of unbranched alkanes of at least 4 members (excludes halogenated alkanes) is 5. The molecule has 73 heavy (non-hydrogen) atoms. The second-order valence-electron chi connectivity index (χ2n) is 24.6. The molecule has 1 saturated carbocycles. The van der Waals surface area contributed by atoms with E-state index in [0.717, 1.165) is 44.9 Å². The van der Waals surface area contributed by atoms with Crippen molar-refractivity contribution in [3.63, 3.8) is 0 Å². The Balaban J connectivity index is 1.33. The Morgan fingerprint density at radius 1 is 0.795 bits per heavy atom. The highest BCUT2D eigenvalue weighted by Crippen LogP contribution is 2.52. The van der Waals surface area contributed by atoms with Crippen LogP contribution in [0.4, 0.5) is 5.69 Å². The van der Waals surface area contributed by atoms with Crippen LogP contribution in [0.1, 0.15) is 172 Å². The third-order valence-electron chi connectivity index (χ3n) is 15.3. The fraction of sp³-hybridized carbons (Fsp3) is 0.542. The number of hydrogen-bond acceptors (Lipinski definition) is 9. The van der Waals surface area contributed by atoms with E-state index in [0.29, 0.717) is 69.4 Å². The average Bonchev–Trinajstić information content (AvgIpc) is 4.00. The molecule has 0 saturated heterocycles. The van der Waals surface area contributed by atoms with Crippen LogP contribution in [-0.4, -0.2) is 62.9 Å². The number of ketones is 1. The van der Waals surface area contributed by atoms with E-state index in [1.807, 2.05) is 71.9 Å². The standard InChI is InChI=1S/C59H80N6O7S/c1-15-17-18-19-20-24-31-73(70,71)64-38-29-27-37(28-30-38)52-61-53-47(51(58(10,11)12)62-65(53)63-52)46-48(66)44(49(46)67)39-34-42(60-55(69)59(13,14)16-2)45(43(39)36-25-22-21-23-26-36)54(68)72-50-40(56(4,5)6)32-35(3)33-41(50)57(7,8)9/h21-23,25-30,34-35,40-41,50,64,66H,15-20,24,31-33H2,1-14H3,(H,60,69)(H,61,63). The minimum atomic E-state index is -3.53. The van der Waals surface area contributed by atoms with Crippen LogP contribution < -0.4 is 10.0 Å². The molecule has 4 aromatic rings. The number of esters is 1. The molecule has 0 bridgehead atoms. The Kier molecular flexibility index (Phi) is 15.7. The summed E-state index contributed by atoms with van der Waals surface area (Å²) in [5, 5.41) is 25.2. The number of nitrogens with zero attached hydrogens (tertiary/aromatic N) is 3. The van der Waals surface area contributed by atoms with E-state index in [-0.39, 0.29) is 62.5 Å². The van der Waals surface area contributed by atoms with Crippen molar-refractivity contribution in [2.24, 2.45) is 34.0 Å². The van der Waals surface area contributed by atoms with Gasteiger partial charge in [-0.2, -0.15) is 5.10 Å². The van der Waals surface area contributed by atoms with Crippen molar-refractivity contribution in [3.05, 3.63) is 106 Å². The zero-order valence-corrected chi connectivity index (χ0v) is 46.6. The minimum Gasteiger partial charge on any atom is -0.506 e. The van der Waals surface area contributed by atoms with E-state index < -0.39 is 38.7 Å². The number of amides is 1. The average molecular weight is 1020 g/mol. The molecule has 2 aromatic carbocycles. The number of anilines is 1. The Morgan fingerprint density at radius 3 is 1.96 bits per heavy atom. The number of rotatable bonds is 17. The molecular formula is C59H80N6O7S. The lowest BCUT2D eigenvalue weighted by Gasteiger charge is -2.50. The number of carbonyl (C=O) groups is 3. The molecule has 7 rings (SSSR count). The fourth-order valence-electron chi connectivity index (χ4n) is 10.6. The van der Waals surface area contributed by atoms with Gasteiger partial charge in [0.15, 0.2) is 11.5 Å². The number of carbonyl (C=O) groups excluding carboxylic acids is 3. The number of H-pyrrole nitrogens is 1. The lowest BCUT2D eigenvalue weighted by atomic mass is 9.59. The highest BCUT2D eigenvalue weighted by Gasteiger charge is 2.50. The van der Waals surface area contributed by atoms with E-state index in [2.05, 4.69) is 70.4 Å². The van der Waals surface area contributed by atoms with Crippen LogP contribution in [0, 0.1) is 34.0 Å². The van der Waals surface area contributed by atoms with Gasteiger partial charge >= 0.3 is 5.97 Å². The summed E-state index contributed by atoms with van der Waals surface area (Å²) < 4.78 is 36.8. The summed E-state index contributed by atoms with van der Waals surface area (Å²) in [6, 6.07) is 16.1. The van der Waals surface area contributed by atoms with Gasteiger partial charge in [0.1, 0.15) is 11.9 Å². The number of aliphatic hydroxyl groups is 1. The summed E-state index contributed by atoms with van der Waals surface area (Å²) in [7, 11) is -3.53. The van der Waals surface area contributed by atoms with Crippen LogP contribution in [0.15, 0.2) is 88.8 Å². The molecule has 3 aliphatic carbocycles. The largest absolute Gasteiger partial charge is 0.506 e. The molecular weight excluding hydrogens is 937 g/mol. The Hall–Kier alpha value is -5.76. The van der Waals surface area contributed by atoms with E-state index in [1.165, 1.54) is 4.63 Å². The first-order chi connectivity index (χ1) is 34.1. The molecule has 2 aromatic heterocycles. The van der Waals surface area contributed by atoms with Gasteiger partial charge in [-0.3, -0.25) is 14.3 Å². The summed E-state index contributed by atoms with van der Waals surface area (Å²) in [4.78, 5) is 48.0. The lowest BCUT2D eigenvalue weighted by molar-refractivity contribution is -0.164. The number of Topliss-reactive ketones (excluding diaryl/α,β-unsaturated/α-hetero) is 1. The number of allylic oxidation sites excluding steroid dienone is 5. The molecule has 3 aliphatic rings. The summed E-state index contributed by atoms with van der Waals surface area (Å²) in [6.45, 7) is 29.1. The van der Waals surface area contributed by atoms with Crippen molar-refractivity contribution in [1.29, 1.82) is 0 Å². The van der Waals surface area contributed by atoms with Crippen LogP contribution in [0.5, 0.6) is 0 Å². The van der Waals surface area contributed by atoms with Gasteiger partial charge in [-0.05, 0) is 78.3 Å². The molecule has 2 heterocycles. The number of aromatic nitrogens is 4. The third-order valence-corrected chi connectivity index (χ3v) is 16.7. The van der Waals surface area contributed by atoms with Crippen molar-refractivity contribution < 1.29 is 32.6 Å². The van der Waals surface area contributed by atoms with E-state index >= 15 is 9.59 Å². The molecule has 14 heteroatoms. The summed E-state index contributed by atoms with van der Waals surface area (Å²) in [6.07, 6.45) is 9.39. The van der Waals surface area contributed by atoms with Gasteiger partial charge < -0.3 is 20.1 Å². The van der Waals surface area contributed by atoms with E-state index in [4.69, 9.17) is 14.9 Å². The summed E-state index contributed by atoms with van der Waals surface area (Å²) in [5.41, 5.74) is 2.22. The number of fused-ring (bicyclic) bond motifs is 1. The first-order valence-corrected chi connectivity index (χ1v) is 28.1. The van der Waals surface area contributed by atoms with Gasteiger partial charge in [-0.15, -0.1) is 9.73 Å². The molecule has 0 radical (unpaired) electrons. The number of sulfonamides is 1. The number of ether oxygens (including phenoxy) is 1. The number of nitrogens with one attached hydrogen (secondary N) is 3. The van der Waals surface area contributed by atoms with Crippen molar-refractivity contribution in [2.75, 3.05) is 10.5 Å². The molecule has 2 atom stereocenters. The number of hydrogen-bond donors (Lipinski definition) is 4. The molecule has 2 unspecified atom stereocenters. The van der Waals surface area contributed by atoms with Gasteiger partial charge in [0.2, 0.25) is 21.7 Å². The predicted octanol–water partition coefficient (Wildman–Crippen LogP) is 12.8. The summed E-state index contributed by atoms with van der Waals surface area (Å²) in [5.74, 6) is -0.685. The number of aliphatic hydroxyl groups excluding tert-OH is 1. The molecule has 1 amide bonds. The third kappa shape index (κ3) is 11.6. The normalized spacial score (nSPS) is 21.2. The Labute approximate surface area is 433 Å². The van der Waals surface area contributed by atoms with Crippen LogP contribution in [0.3, 0.4) is 0 Å². The maximum absolute atomic E-state index is 15.4. The highest BCUT2D eigenvalue weighted by molar-refractivity contribution is 7.92. The topological polar surface area (TPSA) is 185 Å². The van der Waals surface area contributed by atoms with Gasteiger partial charge in [-0.25, -0.2) is 13.2 Å². The second kappa shape index (κ2) is 20.9. The number of benzene rings is 2. The SMILES string of the molecule is CCCCCCCCS(=O)(=O)Nc1ccc(-c2nn3nc(C(C)(C)C)c(C4=C(O)C(=C5C=C(NC(=O)C(C)(C)CC)C(C(=O)OC6C(C(C)(C)C)CC(C)CC6C(C)(C)C)=C5c5ccccc5)C4=O)c3[nH]2)cc1. The van der Waals surface area contributed by atoms with Crippen molar-refractivity contribution in [3.8, 4) is 11.4 Å². The quantitative estimate of drug-likeness (QED) is 0.0454. The van der Waals surface area contributed by atoms with Crippen molar-refractivity contribution in [2.45, 2.75) is 166 Å². The van der Waals surface area contributed by atoms with Crippen LogP contribution in [0.25, 0.3) is 28.2 Å². The van der Waals surface area contributed by atoms with Gasteiger partial charge in [0.05, 0.1) is 39.4 Å². The maximum Gasteiger partial charge on any atom is 0.341 e. The van der Waals surface area contributed by atoms with Crippen LogP contribution in [-0.2, 0) is 34.6 Å². The zero-order valence-electron chi connectivity index (χ0n) is 45.8. The molecule has 1 fully saturated rings. The van der Waals surface area contributed by atoms with E-state index in [9.17, 15) is 18.3 Å².